The van der Waals surface area contributed by atoms with E-state index in [0.717, 1.165) is 31.4 Å². The summed E-state index contributed by atoms with van der Waals surface area (Å²) in [5, 5.41) is 4.39. The number of fused-ring (bicyclic) bond motifs is 2. The molecule has 0 aliphatic carbocycles. The van der Waals surface area contributed by atoms with Crippen LogP contribution in [0.1, 0.15) is 35.4 Å². The Morgan fingerprint density at radius 1 is 1.26 bits per heavy atom. The van der Waals surface area contributed by atoms with Crippen LogP contribution in [0.15, 0.2) is 17.3 Å². The third-order valence-corrected chi connectivity index (χ3v) is 4.77. The van der Waals surface area contributed by atoms with E-state index in [2.05, 4.69) is 15.1 Å². The molecule has 0 spiro atoms. The molecule has 120 valence electrons. The highest BCUT2D eigenvalue weighted by Gasteiger charge is 2.25. The number of hydrogen-bond acceptors (Lipinski definition) is 4. The van der Waals surface area contributed by atoms with Gasteiger partial charge in [0.25, 0.3) is 5.56 Å². The van der Waals surface area contributed by atoms with Gasteiger partial charge in [-0.25, -0.2) is 4.98 Å². The molecule has 4 heterocycles. The fourth-order valence-corrected chi connectivity index (χ4v) is 3.49. The first-order chi connectivity index (χ1) is 11.2. The highest BCUT2D eigenvalue weighted by Crippen LogP contribution is 2.20. The Morgan fingerprint density at radius 3 is 3.09 bits per heavy atom. The highest BCUT2D eigenvalue weighted by molar-refractivity contribution is 5.79. The Labute approximate surface area is 133 Å². The number of aromatic nitrogens is 4. The number of rotatable bonds is 2. The predicted octanol–water partition coefficient (Wildman–Crippen LogP) is 0.430. The molecule has 0 saturated carbocycles. The molecule has 0 unspecified atom stereocenters. The molecule has 2 aromatic heterocycles. The molecule has 7 nitrogen and oxygen atoms in total. The lowest BCUT2D eigenvalue weighted by Crippen LogP contribution is -2.39. The fourth-order valence-electron chi connectivity index (χ4n) is 3.49. The number of H-pyrrole nitrogens is 1. The van der Waals surface area contributed by atoms with Gasteiger partial charge in [-0.2, -0.15) is 5.10 Å². The second-order valence-corrected chi connectivity index (χ2v) is 6.20. The minimum Gasteiger partial charge on any atom is -0.336 e. The molecule has 7 heteroatoms. The summed E-state index contributed by atoms with van der Waals surface area (Å²) in [6.45, 7) is 1.94. The molecule has 2 aliphatic rings. The zero-order valence-electron chi connectivity index (χ0n) is 12.9. The first-order valence-corrected chi connectivity index (χ1v) is 8.09. The van der Waals surface area contributed by atoms with Gasteiger partial charge in [-0.3, -0.25) is 14.3 Å². The summed E-state index contributed by atoms with van der Waals surface area (Å²) in [4.78, 5) is 33.0. The third kappa shape index (κ3) is 2.56. The van der Waals surface area contributed by atoms with Crippen molar-refractivity contribution in [1.82, 2.24) is 24.6 Å². The van der Waals surface area contributed by atoms with Crippen LogP contribution in [-0.4, -0.2) is 37.1 Å². The normalized spacial score (nSPS) is 16.8. The number of carbonyl (C=O) groups excluding carboxylic acids is 1. The van der Waals surface area contributed by atoms with E-state index in [9.17, 15) is 9.59 Å². The topological polar surface area (TPSA) is 83.9 Å². The van der Waals surface area contributed by atoms with Gasteiger partial charge in [0.15, 0.2) is 0 Å². The first-order valence-electron chi connectivity index (χ1n) is 8.09. The lowest BCUT2D eigenvalue weighted by molar-refractivity contribution is -0.131. The molecule has 4 rings (SSSR count). The summed E-state index contributed by atoms with van der Waals surface area (Å²) in [5.74, 6) is 0.0825. The maximum absolute atomic E-state index is 12.6. The van der Waals surface area contributed by atoms with Gasteiger partial charge in [-0.05, 0) is 25.7 Å². The summed E-state index contributed by atoms with van der Waals surface area (Å²) in [7, 11) is 0. The van der Waals surface area contributed by atoms with E-state index in [1.165, 1.54) is 12.0 Å². The van der Waals surface area contributed by atoms with Crippen LogP contribution in [0, 0.1) is 0 Å². The molecule has 2 aromatic rings. The van der Waals surface area contributed by atoms with Crippen molar-refractivity contribution in [2.75, 3.05) is 6.54 Å². The molecular formula is C16H19N5O2. The van der Waals surface area contributed by atoms with Gasteiger partial charge in [0, 0.05) is 29.9 Å². The van der Waals surface area contributed by atoms with E-state index in [0.29, 0.717) is 37.2 Å². The number of carbonyl (C=O) groups is 1. The maximum atomic E-state index is 12.6. The zero-order chi connectivity index (χ0) is 15.8. The minimum absolute atomic E-state index is 0.0825. The molecule has 0 fully saturated rings. The Morgan fingerprint density at radius 2 is 2.17 bits per heavy atom. The van der Waals surface area contributed by atoms with Crippen molar-refractivity contribution in [3.8, 4) is 0 Å². The summed E-state index contributed by atoms with van der Waals surface area (Å²) in [5.41, 5.74) is 3.58. The van der Waals surface area contributed by atoms with Crippen LogP contribution < -0.4 is 5.56 Å². The first kappa shape index (κ1) is 14.2. The Balaban J connectivity index is 1.50. The van der Waals surface area contributed by atoms with Gasteiger partial charge < -0.3 is 9.88 Å². The molecule has 0 atom stereocenters. The van der Waals surface area contributed by atoms with Crippen molar-refractivity contribution in [2.45, 2.75) is 45.2 Å². The van der Waals surface area contributed by atoms with Crippen molar-refractivity contribution in [3.63, 3.8) is 0 Å². The van der Waals surface area contributed by atoms with Gasteiger partial charge in [0.1, 0.15) is 0 Å². The summed E-state index contributed by atoms with van der Waals surface area (Å²) >= 11 is 0. The number of aromatic amines is 1. The van der Waals surface area contributed by atoms with Crippen LogP contribution in [0.5, 0.6) is 0 Å². The lowest BCUT2D eigenvalue weighted by Gasteiger charge is -2.27. The quantitative estimate of drug-likeness (QED) is 0.871. The van der Waals surface area contributed by atoms with Gasteiger partial charge in [-0.1, -0.05) is 0 Å². The average molecular weight is 313 g/mol. The van der Waals surface area contributed by atoms with Crippen LogP contribution in [0.3, 0.4) is 0 Å². The van der Waals surface area contributed by atoms with Crippen LogP contribution >= 0.6 is 0 Å². The third-order valence-electron chi connectivity index (χ3n) is 4.77. The maximum Gasteiger partial charge on any atom is 0.254 e. The van der Waals surface area contributed by atoms with E-state index in [1.54, 1.807) is 4.90 Å². The Hall–Kier alpha value is -2.44. The largest absolute Gasteiger partial charge is 0.336 e. The van der Waals surface area contributed by atoms with Crippen molar-refractivity contribution < 1.29 is 4.79 Å². The van der Waals surface area contributed by atoms with Crippen LogP contribution in [-0.2, 0) is 37.1 Å². The van der Waals surface area contributed by atoms with Gasteiger partial charge in [0.05, 0.1) is 31.2 Å². The van der Waals surface area contributed by atoms with Gasteiger partial charge in [0.2, 0.25) is 5.91 Å². The fraction of sp³-hybridized carbons (Fsp3) is 0.500. The summed E-state index contributed by atoms with van der Waals surface area (Å²) in [6, 6.07) is 0. The summed E-state index contributed by atoms with van der Waals surface area (Å²) < 4.78 is 2.03. The average Bonchev–Trinajstić information content (AvgIpc) is 2.98. The van der Waals surface area contributed by atoms with Gasteiger partial charge >= 0.3 is 0 Å². The molecule has 1 amide bonds. The molecule has 0 bridgehead atoms. The van der Waals surface area contributed by atoms with E-state index in [-0.39, 0.29) is 11.5 Å². The van der Waals surface area contributed by atoms with Crippen LogP contribution in [0.2, 0.25) is 0 Å². The van der Waals surface area contributed by atoms with Crippen LogP contribution in [0.4, 0.5) is 0 Å². The predicted molar refractivity (Wildman–Crippen MR) is 82.8 cm³/mol. The molecule has 0 aromatic carbocycles. The lowest BCUT2D eigenvalue weighted by atomic mass is 10.0. The number of nitrogens with zero attached hydrogens (tertiary/aromatic N) is 4. The SMILES string of the molecule is O=C(Cc1cnn2c1CCCC2)N1CCc2c(nc[nH]c2=O)C1. The second kappa shape index (κ2) is 5.64. The zero-order valence-corrected chi connectivity index (χ0v) is 12.9. The number of nitrogens with one attached hydrogen (secondary N) is 1. The second-order valence-electron chi connectivity index (χ2n) is 6.20. The Kier molecular flexibility index (Phi) is 3.48. The monoisotopic (exact) mass is 313 g/mol. The molecule has 0 saturated heterocycles. The molecule has 23 heavy (non-hydrogen) atoms. The molecule has 2 aliphatic heterocycles. The molecule has 1 N–H and O–H groups in total. The number of hydrogen-bond donors (Lipinski definition) is 1. The number of amides is 1. The number of aryl methyl sites for hydroxylation is 1. The minimum atomic E-state index is -0.0900. The van der Waals surface area contributed by atoms with E-state index in [1.807, 2.05) is 10.9 Å². The molecule has 0 radical (unpaired) electrons. The van der Waals surface area contributed by atoms with Crippen molar-refractivity contribution in [1.29, 1.82) is 0 Å². The van der Waals surface area contributed by atoms with E-state index in [4.69, 9.17) is 0 Å². The Bertz CT molecular complexity index is 807. The smallest absolute Gasteiger partial charge is 0.254 e. The van der Waals surface area contributed by atoms with Gasteiger partial charge in [-0.15, -0.1) is 0 Å². The van der Waals surface area contributed by atoms with Crippen molar-refractivity contribution in [2.24, 2.45) is 0 Å². The molecular weight excluding hydrogens is 294 g/mol. The van der Waals surface area contributed by atoms with E-state index < -0.39 is 0 Å². The van der Waals surface area contributed by atoms with Crippen molar-refractivity contribution in [3.05, 3.63) is 45.4 Å². The standard InChI is InChI=1S/C16H19N5O2/c22-15(7-11-8-19-21-5-2-1-3-14(11)21)20-6-4-12-13(9-20)17-10-18-16(12)23/h8,10H,1-7,9H2,(H,17,18,23). The van der Waals surface area contributed by atoms with Crippen LogP contribution in [0.25, 0.3) is 0 Å². The highest BCUT2D eigenvalue weighted by atomic mass is 16.2. The van der Waals surface area contributed by atoms with E-state index >= 15 is 0 Å². The summed E-state index contributed by atoms with van der Waals surface area (Å²) in [6.07, 6.45) is 7.51. The van der Waals surface area contributed by atoms with Crippen molar-refractivity contribution >= 4 is 5.91 Å².